The Balaban J connectivity index is 1.41. The number of imidazole rings is 1. The molecule has 0 radical (unpaired) electrons. The number of nitrogens with one attached hydrogen (secondary N) is 2. The number of H-pyrrole nitrogens is 1. The predicted octanol–water partition coefficient (Wildman–Crippen LogP) is 5.43. The van der Waals surface area contributed by atoms with E-state index < -0.39 is 32.8 Å². The van der Waals surface area contributed by atoms with Gasteiger partial charge in [-0.1, -0.05) is 23.7 Å². The van der Waals surface area contributed by atoms with Crippen LogP contribution in [-0.4, -0.2) is 59.3 Å². The van der Waals surface area contributed by atoms with Crippen LogP contribution in [0.4, 0.5) is 9.18 Å². The standard InChI is InChI=1S/C25H29BrClFN4O4S/c1-25(2,3)36-24(33)30-12-15-8-9-32(14-15)37(34,35)22-11-17(5-7-19(22)27)23-29-13-21(31-23)16-4-6-18(26)20(28)10-16/h4-7,10,13,15,22H,8-9,11-12,14H2,1-3H3,(H,29,31)(H,30,33). The van der Waals surface area contributed by atoms with E-state index >= 15 is 0 Å². The molecule has 2 heterocycles. The van der Waals surface area contributed by atoms with Crippen molar-refractivity contribution in [1.29, 1.82) is 0 Å². The smallest absolute Gasteiger partial charge is 0.407 e. The van der Waals surface area contributed by atoms with Crippen molar-refractivity contribution in [2.45, 2.75) is 44.5 Å². The molecule has 1 saturated heterocycles. The predicted molar refractivity (Wildman–Crippen MR) is 145 cm³/mol. The second-order valence-corrected chi connectivity index (χ2v) is 13.6. The zero-order valence-corrected chi connectivity index (χ0v) is 23.9. The zero-order valence-electron chi connectivity index (χ0n) is 20.7. The molecule has 1 aliphatic heterocycles. The van der Waals surface area contributed by atoms with E-state index in [0.29, 0.717) is 46.6 Å². The molecule has 37 heavy (non-hydrogen) atoms. The maximum absolute atomic E-state index is 14.0. The Morgan fingerprint density at radius 3 is 2.81 bits per heavy atom. The van der Waals surface area contributed by atoms with Crippen LogP contribution in [-0.2, 0) is 14.8 Å². The Hall–Kier alpha value is -2.21. The number of aromatic amines is 1. The van der Waals surface area contributed by atoms with Crippen molar-refractivity contribution < 1.29 is 22.3 Å². The van der Waals surface area contributed by atoms with Crippen LogP contribution in [0.25, 0.3) is 16.8 Å². The highest BCUT2D eigenvalue weighted by atomic mass is 79.9. The molecule has 0 spiro atoms. The summed E-state index contributed by atoms with van der Waals surface area (Å²) in [5.41, 5.74) is 1.32. The van der Waals surface area contributed by atoms with Crippen LogP contribution in [0.5, 0.6) is 0 Å². The summed E-state index contributed by atoms with van der Waals surface area (Å²) in [6.45, 7) is 6.31. The van der Waals surface area contributed by atoms with Gasteiger partial charge in [0.25, 0.3) is 0 Å². The van der Waals surface area contributed by atoms with Crippen LogP contribution in [0.2, 0.25) is 0 Å². The van der Waals surface area contributed by atoms with E-state index in [1.165, 1.54) is 10.4 Å². The number of hydrogen-bond acceptors (Lipinski definition) is 5. The maximum atomic E-state index is 14.0. The summed E-state index contributed by atoms with van der Waals surface area (Å²) < 4.78 is 48.1. The van der Waals surface area contributed by atoms with Gasteiger partial charge in [0.2, 0.25) is 10.0 Å². The molecule has 0 bridgehead atoms. The van der Waals surface area contributed by atoms with Crippen LogP contribution >= 0.6 is 27.5 Å². The first kappa shape index (κ1) is 27.8. The van der Waals surface area contributed by atoms with Gasteiger partial charge in [0, 0.05) is 30.2 Å². The minimum Gasteiger partial charge on any atom is -0.444 e. The monoisotopic (exact) mass is 614 g/mol. The third-order valence-corrected chi connectivity index (χ3v) is 9.52. The number of rotatable bonds is 6. The highest BCUT2D eigenvalue weighted by molar-refractivity contribution is 9.10. The number of aromatic nitrogens is 2. The summed E-state index contributed by atoms with van der Waals surface area (Å²) in [5, 5.41) is 2.02. The van der Waals surface area contributed by atoms with Crippen molar-refractivity contribution >= 4 is 49.2 Å². The van der Waals surface area contributed by atoms with Gasteiger partial charge in [0.1, 0.15) is 22.5 Å². The number of nitrogens with zero attached hydrogens (tertiary/aromatic N) is 2. The fourth-order valence-corrected chi connectivity index (χ4v) is 6.90. The molecule has 1 aromatic carbocycles. The minimum absolute atomic E-state index is 0.0254. The summed E-state index contributed by atoms with van der Waals surface area (Å²) in [6, 6.07) is 4.76. The number of ether oxygens (including phenoxy) is 1. The topological polar surface area (TPSA) is 104 Å². The van der Waals surface area contributed by atoms with Crippen LogP contribution < -0.4 is 5.32 Å². The van der Waals surface area contributed by atoms with Gasteiger partial charge >= 0.3 is 6.09 Å². The number of halogens is 3. The molecule has 1 aromatic heterocycles. The lowest BCUT2D eigenvalue weighted by Crippen LogP contribution is -2.40. The molecule has 1 fully saturated rings. The molecule has 8 nitrogen and oxygen atoms in total. The molecule has 2 aromatic rings. The highest BCUT2D eigenvalue weighted by Crippen LogP contribution is 2.35. The van der Waals surface area contributed by atoms with Gasteiger partial charge in [-0.05, 0) is 79.2 Å². The number of amides is 1. The average Bonchev–Trinajstić information content (AvgIpc) is 3.49. The Kier molecular flexibility index (Phi) is 8.18. The summed E-state index contributed by atoms with van der Waals surface area (Å²) in [4.78, 5) is 19.5. The van der Waals surface area contributed by atoms with Crippen molar-refractivity contribution in [3.8, 4) is 11.3 Å². The number of sulfonamides is 1. The number of carbonyl (C=O) groups excluding carboxylic acids is 1. The lowest BCUT2D eigenvalue weighted by atomic mass is 10.0. The Morgan fingerprint density at radius 1 is 1.35 bits per heavy atom. The fraction of sp³-hybridized carbons (Fsp3) is 0.440. The van der Waals surface area contributed by atoms with Crippen molar-refractivity contribution in [2.75, 3.05) is 19.6 Å². The van der Waals surface area contributed by atoms with Gasteiger partial charge in [-0.25, -0.2) is 26.9 Å². The summed E-state index contributed by atoms with van der Waals surface area (Å²) >= 11 is 9.54. The number of hydrogen-bond donors (Lipinski definition) is 2. The lowest BCUT2D eigenvalue weighted by molar-refractivity contribution is 0.0520. The molecule has 1 aliphatic carbocycles. The van der Waals surface area contributed by atoms with Crippen LogP contribution in [0, 0.1) is 11.7 Å². The second kappa shape index (κ2) is 10.9. The quantitative estimate of drug-likeness (QED) is 0.451. The van der Waals surface area contributed by atoms with Crippen LogP contribution in [0.15, 0.2) is 46.1 Å². The number of alkyl carbamates (subject to hydrolysis) is 1. The normalized spacial score (nSPS) is 20.9. The molecule has 2 atom stereocenters. The molecule has 2 aliphatic rings. The first-order valence-electron chi connectivity index (χ1n) is 11.9. The van der Waals surface area contributed by atoms with E-state index in [2.05, 4.69) is 31.2 Å². The van der Waals surface area contributed by atoms with Crippen LogP contribution in [0.1, 0.15) is 39.4 Å². The second-order valence-electron chi connectivity index (χ2n) is 10.2. The maximum Gasteiger partial charge on any atom is 0.407 e. The zero-order chi connectivity index (χ0) is 27.0. The molecule has 200 valence electrons. The summed E-state index contributed by atoms with van der Waals surface area (Å²) in [7, 11) is -3.76. The third kappa shape index (κ3) is 6.63. The van der Waals surface area contributed by atoms with E-state index in [9.17, 15) is 17.6 Å². The summed E-state index contributed by atoms with van der Waals surface area (Å²) in [6.07, 6.45) is 5.17. The molecule has 2 N–H and O–H groups in total. The molecule has 1 amide bonds. The van der Waals surface area contributed by atoms with E-state index in [1.807, 2.05) is 0 Å². The van der Waals surface area contributed by atoms with Crippen molar-refractivity contribution in [3.05, 3.63) is 57.7 Å². The van der Waals surface area contributed by atoms with Gasteiger partial charge in [0.15, 0.2) is 0 Å². The number of allylic oxidation sites excluding steroid dienone is 3. The molecular weight excluding hydrogens is 587 g/mol. The highest BCUT2D eigenvalue weighted by Gasteiger charge is 2.40. The van der Waals surface area contributed by atoms with Gasteiger partial charge in [-0.3, -0.25) is 0 Å². The first-order valence-corrected chi connectivity index (χ1v) is 14.5. The molecule has 2 unspecified atom stereocenters. The molecular formula is C25H29BrClFN4O4S. The molecule has 4 rings (SSSR count). The van der Waals surface area contributed by atoms with E-state index in [-0.39, 0.29) is 23.9 Å². The van der Waals surface area contributed by atoms with E-state index in [1.54, 1.807) is 51.3 Å². The van der Waals surface area contributed by atoms with Gasteiger partial charge < -0.3 is 15.0 Å². The SMILES string of the molecule is CC(C)(C)OC(=O)NCC1CCN(S(=O)(=O)C2CC(c3ncc(-c4ccc(Br)c(F)c4)[nH]3)=CC=C2Cl)C1. The summed E-state index contributed by atoms with van der Waals surface area (Å²) in [5.74, 6) is 0.0824. The minimum atomic E-state index is -3.76. The molecule has 0 saturated carbocycles. The molecule has 12 heteroatoms. The van der Waals surface area contributed by atoms with Gasteiger partial charge in [-0.15, -0.1) is 0 Å². The van der Waals surface area contributed by atoms with Gasteiger partial charge in [-0.2, -0.15) is 0 Å². The Labute approximate surface area is 229 Å². The average molecular weight is 616 g/mol. The van der Waals surface area contributed by atoms with Crippen molar-refractivity contribution in [2.24, 2.45) is 5.92 Å². The third-order valence-electron chi connectivity index (χ3n) is 6.17. The largest absolute Gasteiger partial charge is 0.444 e. The first-order chi connectivity index (χ1) is 17.3. The van der Waals surface area contributed by atoms with Crippen LogP contribution in [0.3, 0.4) is 0 Å². The number of benzene rings is 1. The fourth-order valence-electron chi connectivity index (χ4n) is 4.29. The van der Waals surface area contributed by atoms with Crippen molar-refractivity contribution in [1.82, 2.24) is 19.6 Å². The van der Waals surface area contributed by atoms with Gasteiger partial charge in [0.05, 0.1) is 16.4 Å². The lowest BCUT2D eigenvalue weighted by Gasteiger charge is -2.26. The number of carbonyl (C=O) groups is 1. The Morgan fingerprint density at radius 2 is 2.11 bits per heavy atom. The van der Waals surface area contributed by atoms with E-state index in [4.69, 9.17) is 16.3 Å². The van der Waals surface area contributed by atoms with Crippen molar-refractivity contribution in [3.63, 3.8) is 0 Å². The van der Waals surface area contributed by atoms with E-state index in [0.717, 1.165) is 0 Å². The Bertz CT molecular complexity index is 1350.